The van der Waals surface area contributed by atoms with Gasteiger partial charge in [0.05, 0.1) is 7.11 Å². The van der Waals surface area contributed by atoms with Crippen LogP contribution < -0.4 is 10.5 Å². The predicted molar refractivity (Wildman–Crippen MR) is 85.2 cm³/mol. The molecule has 20 heavy (non-hydrogen) atoms. The Morgan fingerprint density at radius 1 is 1.30 bits per heavy atom. The van der Waals surface area contributed by atoms with E-state index in [1.165, 1.54) is 10.4 Å². The summed E-state index contributed by atoms with van der Waals surface area (Å²) >= 11 is 1.82. The van der Waals surface area contributed by atoms with Gasteiger partial charge in [-0.3, -0.25) is 0 Å². The third-order valence-corrected chi connectivity index (χ3v) is 4.28. The van der Waals surface area contributed by atoms with Crippen LogP contribution in [0.25, 0.3) is 0 Å². The standard InChI is InChI=1S/C16H22N2OS/c1-18(8-7-15-4-3-9-20-15)12-14-10-13(11-17)5-6-16(14)19-2/h3-6,9-10H,7-8,11-12,17H2,1-2H3. The van der Waals surface area contributed by atoms with Crippen molar-refractivity contribution < 1.29 is 4.74 Å². The zero-order valence-corrected chi connectivity index (χ0v) is 13.0. The van der Waals surface area contributed by atoms with Crippen molar-refractivity contribution in [2.45, 2.75) is 19.5 Å². The molecular formula is C16H22N2OS. The van der Waals surface area contributed by atoms with E-state index in [1.54, 1.807) is 7.11 Å². The predicted octanol–water partition coefficient (Wildman–Crippen LogP) is 2.89. The summed E-state index contributed by atoms with van der Waals surface area (Å²) in [4.78, 5) is 3.75. The fraction of sp³-hybridized carbons (Fsp3) is 0.375. The third kappa shape index (κ3) is 4.07. The molecule has 2 aromatic rings. The van der Waals surface area contributed by atoms with Crippen LogP contribution in [-0.2, 0) is 19.5 Å². The lowest BCUT2D eigenvalue weighted by Gasteiger charge is -2.18. The fourth-order valence-electron chi connectivity index (χ4n) is 2.21. The van der Waals surface area contributed by atoms with Gasteiger partial charge in [-0.15, -0.1) is 11.3 Å². The molecule has 3 nitrogen and oxygen atoms in total. The summed E-state index contributed by atoms with van der Waals surface area (Å²) < 4.78 is 5.43. The second-order valence-electron chi connectivity index (χ2n) is 4.92. The molecule has 0 amide bonds. The number of methoxy groups -OCH3 is 1. The highest BCUT2D eigenvalue weighted by atomic mass is 32.1. The highest BCUT2D eigenvalue weighted by Gasteiger charge is 2.08. The molecule has 0 aliphatic heterocycles. The van der Waals surface area contributed by atoms with Crippen LogP contribution in [0, 0.1) is 0 Å². The van der Waals surface area contributed by atoms with Gasteiger partial charge in [0.2, 0.25) is 0 Å². The van der Waals surface area contributed by atoms with Crippen molar-refractivity contribution in [3.05, 3.63) is 51.7 Å². The fourth-order valence-corrected chi connectivity index (χ4v) is 2.91. The van der Waals surface area contributed by atoms with E-state index in [9.17, 15) is 0 Å². The molecule has 0 aliphatic rings. The van der Waals surface area contributed by atoms with Gasteiger partial charge >= 0.3 is 0 Å². The summed E-state index contributed by atoms with van der Waals surface area (Å²) in [7, 11) is 3.86. The molecule has 0 unspecified atom stereocenters. The van der Waals surface area contributed by atoms with E-state index in [4.69, 9.17) is 10.5 Å². The largest absolute Gasteiger partial charge is 0.496 e. The van der Waals surface area contributed by atoms with Crippen molar-refractivity contribution in [1.82, 2.24) is 4.90 Å². The van der Waals surface area contributed by atoms with E-state index < -0.39 is 0 Å². The van der Waals surface area contributed by atoms with Crippen molar-refractivity contribution in [3.63, 3.8) is 0 Å². The first-order valence-corrected chi connectivity index (χ1v) is 7.67. The maximum absolute atomic E-state index is 5.71. The van der Waals surface area contributed by atoms with Crippen molar-refractivity contribution >= 4 is 11.3 Å². The molecule has 0 aliphatic carbocycles. The summed E-state index contributed by atoms with van der Waals surface area (Å²) in [6, 6.07) is 10.5. The Morgan fingerprint density at radius 3 is 2.80 bits per heavy atom. The molecule has 0 fully saturated rings. The lowest BCUT2D eigenvalue weighted by atomic mass is 10.1. The monoisotopic (exact) mass is 290 g/mol. The SMILES string of the molecule is COc1ccc(CN)cc1CN(C)CCc1cccs1. The number of hydrogen-bond donors (Lipinski definition) is 1. The molecule has 2 N–H and O–H groups in total. The summed E-state index contributed by atoms with van der Waals surface area (Å²) in [5.41, 5.74) is 8.05. The van der Waals surface area contributed by atoms with Gasteiger partial charge < -0.3 is 15.4 Å². The third-order valence-electron chi connectivity index (χ3n) is 3.34. The van der Waals surface area contributed by atoms with Gasteiger partial charge in [0.25, 0.3) is 0 Å². The van der Waals surface area contributed by atoms with E-state index >= 15 is 0 Å². The van der Waals surface area contributed by atoms with Crippen molar-refractivity contribution in [2.75, 3.05) is 20.7 Å². The van der Waals surface area contributed by atoms with Crippen LogP contribution in [0.3, 0.4) is 0 Å². The molecule has 2 rings (SSSR count). The normalized spacial score (nSPS) is 11.0. The minimum Gasteiger partial charge on any atom is -0.496 e. The molecule has 0 spiro atoms. The summed E-state index contributed by atoms with van der Waals surface area (Å²) in [6.45, 7) is 2.48. The number of thiophene rings is 1. The summed E-state index contributed by atoms with van der Waals surface area (Å²) in [6.07, 6.45) is 1.09. The molecular weight excluding hydrogens is 268 g/mol. The van der Waals surface area contributed by atoms with E-state index in [2.05, 4.69) is 35.5 Å². The molecule has 108 valence electrons. The smallest absolute Gasteiger partial charge is 0.123 e. The lowest BCUT2D eigenvalue weighted by Crippen LogP contribution is -2.21. The molecule has 4 heteroatoms. The Labute approximate surface area is 125 Å². The van der Waals surface area contributed by atoms with Crippen molar-refractivity contribution in [3.8, 4) is 5.75 Å². The zero-order chi connectivity index (χ0) is 14.4. The second kappa shape index (κ2) is 7.43. The molecule has 1 heterocycles. The van der Waals surface area contributed by atoms with Gasteiger partial charge in [0.15, 0.2) is 0 Å². The van der Waals surface area contributed by atoms with Crippen LogP contribution in [-0.4, -0.2) is 25.6 Å². The van der Waals surface area contributed by atoms with E-state index in [0.29, 0.717) is 6.54 Å². The maximum atomic E-state index is 5.71. The molecule has 1 aromatic carbocycles. The highest BCUT2D eigenvalue weighted by molar-refractivity contribution is 7.09. The Bertz CT molecular complexity index is 525. The van der Waals surface area contributed by atoms with E-state index in [-0.39, 0.29) is 0 Å². The number of benzene rings is 1. The first-order chi connectivity index (χ1) is 9.72. The number of ether oxygens (including phenoxy) is 1. The number of likely N-dealkylation sites (N-methyl/N-ethyl adjacent to an activating group) is 1. The topological polar surface area (TPSA) is 38.5 Å². The highest BCUT2D eigenvalue weighted by Crippen LogP contribution is 2.21. The Hall–Kier alpha value is -1.36. The van der Waals surface area contributed by atoms with Gasteiger partial charge in [-0.05, 0) is 42.6 Å². The molecule has 1 aromatic heterocycles. The number of hydrogen-bond acceptors (Lipinski definition) is 4. The summed E-state index contributed by atoms with van der Waals surface area (Å²) in [5.74, 6) is 0.935. The molecule has 0 bridgehead atoms. The average molecular weight is 290 g/mol. The Morgan fingerprint density at radius 2 is 2.15 bits per heavy atom. The Kier molecular flexibility index (Phi) is 5.59. The van der Waals surface area contributed by atoms with E-state index in [1.807, 2.05) is 23.5 Å². The minimum atomic E-state index is 0.565. The number of nitrogens with two attached hydrogens (primary N) is 1. The minimum absolute atomic E-state index is 0.565. The molecule has 0 saturated carbocycles. The van der Waals surface area contributed by atoms with Gasteiger partial charge in [0.1, 0.15) is 5.75 Å². The average Bonchev–Trinajstić information content (AvgIpc) is 2.98. The van der Waals surface area contributed by atoms with Crippen LogP contribution in [0.4, 0.5) is 0 Å². The van der Waals surface area contributed by atoms with E-state index in [0.717, 1.165) is 30.8 Å². The van der Waals surface area contributed by atoms with Crippen LogP contribution in [0.1, 0.15) is 16.0 Å². The van der Waals surface area contributed by atoms with Crippen molar-refractivity contribution in [1.29, 1.82) is 0 Å². The second-order valence-corrected chi connectivity index (χ2v) is 5.95. The first-order valence-electron chi connectivity index (χ1n) is 6.79. The maximum Gasteiger partial charge on any atom is 0.123 e. The molecule has 0 radical (unpaired) electrons. The van der Waals surface area contributed by atoms with Gasteiger partial charge in [-0.2, -0.15) is 0 Å². The van der Waals surface area contributed by atoms with Gasteiger partial charge in [0, 0.05) is 30.1 Å². The van der Waals surface area contributed by atoms with Crippen LogP contribution in [0.15, 0.2) is 35.7 Å². The quantitative estimate of drug-likeness (QED) is 0.852. The van der Waals surface area contributed by atoms with Crippen LogP contribution in [0.5, 0.6) is 5.75 Å². The van der Waals surface area contributed by atoms with Crippen LogP contribution >= 0.6 is 11.3 Å². The first kappa shape index (κ1) is 15.0. The van der Waals surface area contributed by atoms with Crippen LogP contribution in [0.2, 0.25) is 0 Å². The molecule has 0 saturated heterocycles. The van der Waals surface area contributed by atoms with Gasteiger partial charge in [-0.1, -0.05) is 12.1 Å². The lowest BCUT2D eigenvalue weighted by molar-refractivity contribution is 0.321. The zero-order valence-electron chi connectivity index (χ0n) is 12.1. The summed E-state index contributed by atoms with van der Waals surface area (Å²) in [5, 5.41) is 2.13. The van der Waals surface area contributed by atoms with Crippen molar-refractivity contribution in [2.24, 2.45) is 5.73 Å². The Balaban J connectivity index is 1.97. The molecule has 0 atom stereocenters. The number of nitrogens with zero attached hydrogens (tertiary/aromatic N) is 1. The van der Waals surface area contributed by atoms with Gasteiger partial charge in [-0.25, -0.2) is 0 Å². The number of rotatable bonds is 7.